The van der Waals surface area contributed by atoms with Crippen molar-refractivity contribution in [2.45, 2.75) is 73.6 Å². The molecule has 0 aromatic heterocycles. The van der Waals surface area contributed by atoms with Gasteiger partial charge in [0.05, 0.1) is 5.25 Å². The molecular weight excluding hydrogens is 456 g/mol. The van der Waals surface area contributed by atoms with Crippen LogP contribution in [0.1, 0.15) is 62.5 Å². The monoisotopic (exact) mass is 488 g/mol. The first-order chi connectivity index (χ1) is 15.5. The third-order valence-electron chi connectivity index (χ3n) is 6.11. The molecule has 0 saturated carbocycles. The van der Waals surface area contributed by atoms with E-state index in [2.05, 4.69) is 23.5 Å². The zero-order valence-corrected chi connectivity index (χ0v) is 21.3. The molecule has 8 heteroatoms. The molecule has 1 amide bonds. The number of rotatable bonds is 4. The predicted molar refractivity (Wildman–Crippen MR) is 131 cm³/mol. The molecule has 4 rings (SSSR count). The van der Waals surface area contributed by atoms with Gasteiger partial charge < -0.3 is 10.1 Å². The number of piperidine rings is 1. The van der Waals surface area contributed by atoms with Crippen molar-refractivity contribution in [3.05, 3.63) is 59.2 Å². The Hall–Kier alpha value is -2.03. The number of carbonyl (C=O) groups excluding carboxylic acids is 1. The second-order valence-electron chi connectivity index (χ2n) is 9.76. The van der Waals surface area contributed by atoms with Gasteiger partial charge >= 0.3 is 6.09 Å². The zero-order chi connectivity index (χ0) is 23.8. The molecule has 1 N–H and O–H groups in total. The van der Waals surface area contributed by atoms with E-state index in [-0.39, 0.29) is 6.04 Å². The Morgan fingerprint density at radius 1 is 1.09 bits per heavy atom. The minimum absolute atomic E-state index is 0.0811. The summed E-state index contributed by atoms with van der Waals surface area (Å²) in [6, 6.07) is 14.3. The average molecular weight is 489 g/mol. The molecule has 0 bridgehead atoms. The predicted octanol–water partition coefficient (Wildman–Crippen LogP) is 5.12. The quantitative estimate of drug-likeness (QED) is 0.552. The van der Waals surface area contributed by atoms with Crippen LogP contribution in [0.2, 0.25) is 0 Å². The molecule has 1 unspecified atom stereocenters. The van der Waals surface area contributed by atoms with Gasteiger partial charge in [-0.1, -0.05) is 42.1 Å². The Balaban J connectivity index is 1.40. The van der Waals surface area contributed by atoms with Crippen LogP contribution in [0, 0.1) is 0 Å². The molecule has 2 aromatic carbocycles. The maximum absolute atomic E-state index is 13.4. The van der Waals surface area contributed by atoms with Crippen LogP contribution in [0.3, 0.4) is 0 Å². The largest absolute Gasteiger partial charge is 0.444 e. The lowest BCUT2D eigenvalue weighted by atomic mass is 10.0. The summed E-state index contributed by atoms with van der Waals surface area (Å²) in [5.74, 6) is 0. The number of hydrogen-bond acceptors (Lipinski definition) is 5. The Kier molecular flexibility index (Phi) is 6.80. The highest BCUT2D eigenvalue weighted by atomic mass is 32.2. The Bertz CT molecular complexity index is 1130. The van der Waals surface area contributed by atoms with E-state index < -0.39 is 27.0 Å². The maximum atomic E-state index is 13.4. The molecular formula is C25H32N2O4S2. The average Bonchev–Trinajstić information content (AvgIpc) is 2.75. The van der Waals surface area contributed by atoms with Gasteiger partial charge in [0.15, 0.2) is 0 Å². The first-order valence-corrected chi connectivity index (χ1v) is 13.7. The SMILES string of the molecule is CC(c1ccc2c(c1)Cc1ccccc1S2)S(=O)(=O)N1CCC(NC(=O)OC(C)(C)C)CC1. The van der Waals surface area contributed by atoms with E-state index in [0.29, 0.717) is 25.9 Å². The Morgan fingerprint density at radius 3 is 2.45 bits per heavy atom. The number of carbonyl (C=O) groups is 1. The minimum atomic E-state index is -3.50. The Labute approximate surface area is 201 Å². The minimum Gasteiger partial charge on any atom is -0.444 e. The standard InChI is InChI=1S/C25H32N2O4S2/c1-17(18-9-10-23-20(15-18)16-19-7-5-6-8-22(19)32-23)33(29,30)27-13-11-21(12-14-27)26-24(28)31-25(2,3)4/h5-10,15,17,21H,11-14,16H2,1-4H3,(H,26,28). The van der Waals surface area contributed by atoms with Gasteiger partial charge in [-0.05, 0) is 75.8 Å². The molecule has 1 saturated heterocycles. The van der Waals surface area contributed by atoms with E-state index in [9.17, 15) is 13.2 Å². The van der Waals surface area contributed by atoms with Crippen molar-refractivity contribution < 1.29 is 17.9 Å². The molecule has 6 nitrogen and oxygen atoms in total. The molecule has 2 heterocycles. The topological polar surface area (TPSA) is 75.7 Å². The van der Waals surface area contributed by atoms with Crippen molar-refractivity contribution in [3.8, 4) is 0 Å². The van der Waals surface area contributed by atoms with Crippen molar-refractivity contribution in [1.29, 1.82) is 0 Å². The number of fused-ring (bicyclic) bond motifs is 2. The van der Waals surface area contributed by atoms with Gasteiger partial charge in [-0.3, -0.25) is 0 Å². The molecule has 2 aromatic rings. The van der Waals surface area contributed by atoms with Crippen molar-refractivity contribution in [2.75, 3.05) is 13.1 Å². The number of nitrogens with one attached hydrogen (secondary N) is 1. The van der Waals surface area contributed by atoms with Crippen LogP contribution in [0.25, 0.3) is 0 Å². The van der Waals surface area contributed by atoms with Gasteiger partial charge in [-0.15, -0.1) is 0 Å². The lowest BCUT2D eigenvalue weighted by Gasteiger charge is -2.34. The van der Waals surface area contributed by atoms with Crippen LogP contribution in [0.15, 0.2) is 52.3 Å². The van der Waals surface area contributed by atoms with Crippen molar-refractivity contribution >= 4 is 27.9 Å². The summed E-state index contributed by atoms with van der Waals surface area (Å²) < 4.78 is 33.6. The van der Waals surface area contributed by atoms with Crippen LogP contribution in [0.5, 0.6) is 0 Å². The van der Waals surface area contributed by atoms with E-state index in [1.165, 1.54) is 20.9 Å². The molecule has 178 valence electrons. The van der Waals surface area contributed by atoms with Gasteiger partial charge in [0.2, 0.25) is 10.0 Å². The first-order valence-electron chi connectivity index (χ1n) is 11.4. The number of alkyl carbamates (subject to hydrolysis) is 1. The molecule has 0 aliphatic carbocycles. The van der Waals surface area contributed by atoms with Gasteiger partial charge in [0.25, 0.3) is 0 Å². The molecule has 0 radical (unpaired) electrons. The number of benzene rings is 2. The number of amides is 1. The number of sulfonamides is 1. The summed E-state index contributed by atoms with van der Waals surface area (Å²) in [6.07, 6.45) is 1.51. The molecule has 1 atom stereocenters. The summed E-state index contributed by atoms with van der Waals surface area (Å²) in [4.78, 5) is 14.5. The normalized spacial score (nSPS) is 18.2. The highest BCUT2D eigenvalue weighted by molar-refractivity contribution is 7.99. The molecule has 2 aliphatic rings. The summed E-state index contributed by atoms with van der Waals surface area (Å²) in [7, 11) is -3.50. The lowest BCUT2D eigenvalue weighted by molar-refractivity contribution is 0.0489. The van der Waals surface area contributed by atoms with Crippen LogP contribution in [-0.4, -0.2) is 43.5 Å². The van der Waals surface area contributed by atoms with Gasteiger partial charge in [0, 0.05) is 28.9 Å². The summed E-state index contributed by atoms with van der Waals surface area (Å²) >= 11 is 1.74. The molecule has 2 aliphatic heterocycles. The maximum Gasteiger partial charge on any atom is 0.407 e. The van der Waals surface area contributed by atoms with Crippen LogP contribution in [-0.2, 0) is 21.2 Å². The third kappa shape index (κ3) is 5.55. The van der Waals surface area contributed by atoms with E-state index in [0.717, 1.165) is 12.0 Å². The van der Waals surface area contributed by atoms with Crippen molar-refractivity contribution in [2.24, 2.45) is 0 Å². The summed E-state index contributed by atoms with van der Waals surface area (Å²) in [5, 5.41) is 2.24. The van der Waals surface area contributed by atoms with Gasteiger partial charge in [-0.25, -0.2) is 17.5 Å². The van der Waals surface area contributed by atoms with E-state index in [4.69, 9.17) is 4.74 Å². The van der Waals surface area contributed by atoms with E-state index in [1.54, 1.807) is 23.0 Å². The van der Waals surface area contributed by atoms with E-state index >= 15 is 0 Å². The summed E-state index contributed by atoms with van der Waals surface area (Å²) in [5.41, 5.74) is 2.72. The van der Waals surface area contributed by atoms with Gasteiger partial charge in [0.1, 0.15) is 5.60 Å². The highest BCUT2D eigenvalue weighted by Gasteiger charge is 2.34. The van der Waals surface area contributed by atoms with Gasteiger partial charge in [-0.2, -0.15) is 0 Å². The third-order valence-corrected chi connectivity index (χ3v) is 9.60. The fourth-order valence-electron chi connectivity index (χ4n) is 4.29. The number of hydrogen-bond donors (Lipinski definition) is 1. The molecule has 0 spiro atoms. The van der Waals surface area contributed by atoms with Crippen LogP contribution in [0.4, 0.5) is 4.79 Å². The highest BCUT2D eigenvalue weighted by Crippen LogP contribution is 2.41. The van der Waals surface area contributed by atoms with Crippen LogP contribution < -0.4 is 5.32 Å². The van der Waals surface area contributed by atoms with E-state index in [1.807, 2.05) is 45.0 Å². The smallest absolute Gasteiger partial charge is 0.407 e. The Morgan fingerprint density at radius 2 is 1.76 bits per heavy atom. The zero-order valence-electron chi connectivity index (χ0n) is 19.6. The van der Waals surface area contributed by atoms with Crippen molar-refractivity contribution in [3.63, 3.8) is 0 Å². The summed E-state index contributed by atoms with van der Waals surface area (Å²) in [6.45, 7) is 8.01. The number of nitrogens with zero attached hydrogens (tertiary/aromatic N) is 1. The van der Waals surface area contributed by atoms with Crippen molar-refractivity contribution in [1.82, 2.24) is 9.62 Å². The second-order valence-corrected chi connectivity index (χ2v) is 13.1. The number of ether oxygens (including phenoxy) is 1. The molecule has 1 fully saturated rings. The lowest BCUT2D eigenvalue weighted by Crippen LogP contribution is -2.48. The molecule has 33 heavy (non-hydrogen) atoms. The second kappa shape index (κ2) is 9.31. The van der Waals surface area contributed by atoms with Crippen LogP contribution >= 0.6 is 11.8 Å². The first kappa shape index (κ1) is 24.1. The fourth-order valence-corrected chi connectivity index (χ4v) is 7.00. The fraction of sp³-hybridized carbons (Fsp3) is 0.480.